The Labute approximate surface area is 435 Å². The fourth-order valence-corrected chi connectivity index (χ4v) is 10.5. The van der Waals surface area contributed by atoms with Gasteiger partial charge in [-0.1, -0.05) is 66.6 Å². The third-order valence-corrected chi connectivity index (χ3v) is 14.7. The van der Waals surface area contributed by atoms with E-state index in [1.54, 1.807) is 12.3 Å². The van der Waals surface area contributed by atoms with E-state index in [1.165, 1.54) is 53.4 Å². The molecule has 0 N–H and O–H groups in total. The number of pyridine rings is 2. The molecule has 0 unspecified atom stereocenters. The number of ketones is 2. The van der Waals surface area contributed by atoms with Gasteiger partial charge in [0.2, 0.25) is 0 Å². The SMILES string of the molecule is CCc1nc2ccc(Cl)cn2c1C(=O)CCc1ccc(N2CCC(c3ccc(C)cc3)CC2)cc1.Cc1ccn2c(C(=O)CCc3ccc(N4CCCN(c5ccc(C(F)(F)F)cc5)CC4)c(F)c3)c(C)nc2c1. The van der Waals surface area contributed by atoms with Gasteiger partial charge in [0.15, 0.2) is 11.6 Å². The highest BCUT2D eigenvalue weighted by atomic mass is 35.5. The fraction of sp³-hybridized carbons (Fsp3) is 0.333. The minimum absolute atomic E-state index is 0.0378. The summed E-state index contributed by atoms with van der Waals surface area (Å²) in [7, 11) is 0. The van der Waals surface area contributed by atoms with Crippen molar-refractivity contribution in [1.82, 2.24) is 18.8 Å². The van der Waals surface area contributed by atoms with Crippen molar-refractivity contribution in [2.24, 2.45) is 0 Å². The lowest BCUT2D eigenvalue weighted by molar-refractivity contribution is -0.137. The number of aryl methyl sites for hydroxylation is 6. The van der Waals surface area contributed by atoms with E-state index >= 15 is 4.39 Å². The molecule has 0 atom stereocenters. The highest BCUT2D eigenvalue weighted by molar-refractivity contribution is 6.30. The molecule has 0 saturated carbocycles. The number of benzene rings is 4. The van der Waals surface area contributed by atoms with E-state index in [2.05, 4.69) is 70.3 Å². The number of aromatic nitrogens is 4. The predicted molar refractivity (Wildman–Crippen MR) is 288 cm³/mol. The van der Waals surface area contributed by atoms with Crippen LogP contribution in [0.2, 0.25) is 5.02 Å². The molecule has 8 aromatic rings. The van der Waals surface area contributed by atoms with Crippen LogP contribution in [0.1, 0.15) is 111 Å². The van der Waals surface area contributed by atoms with Crippen molar-refractivity contribution >= 4 is 51.5 Å². The van der Waals surface area contributed by atoms with Gasteiger partial charge in [-0.2, -0.15) is 13.2 Å². The summed E-state index contributed by atoms with van der Waals surface area (Å²) < 4.78 is 57.5. The molecule has 0 amide bonds. The summed E-state index contributed by atoms with van der Waals surface area (Å²) in [4.78, 5) is 41.8. The second kappa shape index (κ2) is 22.6. The molecule has 384 valence electrons. The highest BCUT2D eigenvalue weighted by Gasteiger charge is 2.30. The van der Waals surface area contributed by atoms with Crippen LogP contribution in [0, 0.1) is 26.6 Å². The Morgan fingerprint density at radius 3 is 1.93 bits per heavy atom. The maximum Gasteiger partial charge on any atom is 0.416 e. The van der Waals surface area contributed by atoms with Crippen molar-refractivity contribution in [3.8, 4) is 0 Å². The number of alkyl halides is 3. The summed E-state index contributed by atoms with van der Waals surface area (Å²) in [5.41, 5.74) is 11.8. The Balaban J connectivity index is 0.000000183. The Morgan fingerprint density at radius 2 is 1.26 bits per heavy atom. The summed E-state index contributed by atoms with van der Waals surface area (Å²) >= 11 is 6.18. The van der Waals surface area contributed by atoms with Crippen LogP contribution in [-0.4, -0.2) is 69.6 Å². The summed E-state index contributed by atoms with van der Waals surface area (Å²) in [5.74, 6) is 0.382. The largest absolute Gasteiger partial charge is 0.416 e. The van der Waals surface area contributed by atoms with Gasteiger partial charge in [0.25, 0.3) is 0 Å². The van der Waals surface area contributed by atoms with Crippen LogP contribution in [0.15, 0.2) is 128 Å². The number of carbonyl (C=O) groups is 2. The Hall–Kier alpha value is -6.99. The van der Waals surface area contributed by atoms with Gasteiger partial charge in [-0.05, 0) is 160 Å². The number of nitrogens with zero attached hydrogens (tertiary/aromatic N) is 7. The maximum atomic E-state index is 15.2. The number of halogens is 5. The molecule has 2 aliphatic heterocycles. The van der Waals surface area contributed by atoms with Crippen LogP contribution >= 0.6 is 11.6 Å². The van der Waals surface area contributed by atoms with E-state index in [4.69, 9.17) is 11.6 Å². The van der Waals surface area contributed by atoms with E-state index in [0.29, 0.717) is 79.2 Å². The van der Waals surface area contributed by atoms with Gasteiger partial charge >= 0.3 is 6.18 Å². The van der Waals surface area contributed by atoms with Crippen LogP contribution in [0.4, 0.5) is 34.6 Å². The van der Waals surface area contributed by atoms with Crippen LogP contribution < -0.4 is 14.7 Å². The third-order valence-electron chi connectivity index (χ3n) is 14.5. The average Bonchev–Trinajstić information content (AvgIpc) is 3.82. The molecule has 74 heavy (non-hydrogen) atoms. The number of piperidine rings is 1. The van der Waals surface area contributed by atoms with E-state index < -0.39 is 11.7 Å². The lowest BCUT2D eigenvalue weighted by Gasteiger charge is -2.34. The number of hydrogen-bond donors (Lipinski definition) is 0. The molecule has 0 radical (unpaired) electrons. The molecule has 10 rings (SSSR count). The standard InChI is InChI=1S/C30H32ClN3O.C30H30F4N4O/c1-3-27-30(34-20-25(31)11-15-29(34)32-27)28(35)14-8-22-6-12-26(13-7-22)33-18-16-24(17-19-33)23-9-4-21(2)5-10-23;1-20-12-15-38-28(18-20)35-21(2)29(38)27(39)11-5-22-4-10-26(25(31)19-22)37-14-3-13-36(16-17-37)24-8-6-23(7-9-24)30(32,33)34/h4-7,9-13,15,20,24H,3,8,14,16-19H2,1-2H3;4,6-10,12,15,18-19H,3,5,11,13-14,16-17H2,1-2H3. The zero-order valence-electron chi connectivity index (χ0n) is 42.4. The lowest BCUT2D eigenvalue weighted by atomic mass is 9.89. The quantitative estimate of drug-likeness (QED) is 0.0841. The molecule has 6 heterocycles. The van der Waals surface area contributed by atoms with Crippen LogP contribution in [0.5, 0.6) is 0 Å². The minimum Gasteiger partial charge on any atom is -0.371 e. The van der Waals surface area contributed by atoms with Crippen molar-refractivity contribution < 1.29 is 27.2 Å². The first kappa shape index (κ1) is 51.9. The zero-order chi connectivity index (χ0) is 52.1. The predicted octanol–water partition coefficient (Wildman–Crippen LogP) is 13.7. The van der Waals surface area contributed by atoms with E-state index in [0.717, 1.165) is 71.9 Å². The number of imidazole rings is 2. The van der Waals surface area contributed by atoms with Crippen molar-refractivity contribution in [1.29, 1.82) is 0 Å². The summed E-state index contributed by atoms with van der Waals surface area (Å²) in [6, 6.07) is 35.6. The van der Waals surface area contributed by atoms with Crippen LogP contribution in [0.25, 0.3) is 11.3 Å². The molecule has 0 aliphatic carbocycles. The van der Waals surface area contributed by atoms with E-state index in [9.17, 15) is 22.8 Å². The van der Waals surface area contributed by atoms with Crippen molar-refractivity contribution in [3.05, 3.63) is 195 Å². The van der Waals surface area contributed by atoms with Crippen molar-refractivity contribution in [2.45, 2.75) is 91.2 Å². The second-order valence-electron chi connectivity index (χ2n) is 19.7. The normalized spacial score (nSPS) is 14.6. The van der Waals surface area contributed by atoms with E-state index in [1.807, 2.05) is 75.9 Å². The third kappa shape index (κ3) is 12.0. The minimum atomic E-state index is -4.36. The Kier molecular flexibility index (Phi) is 15.9. The van der Waals surface area contributed by atoms with Gasteiger partial charge in [-0.15, -0.1) is 0 Å². The second-order valence-corrected chi connectivity index (χ2v) is 20.1. The molecule has 0 bridgehead atoms. The van der Waals surface area contributed by atoms with Crippen molar-refractivity contribution in [2.75, 3.05) is 54.0 Å². The Bertz CT molecular complexity index is 3250. The van der Waals surface area contributed by atoms with Gasteiger partial charge in [0.1, 0.15) is 28.5 Å². The first-order valence-electron chi connectivity index (χ1n) is 25.7. The average molecular weight is 1020 g/mol. The highest BCUT2D eigenvalue weighted by Crippen LogP contribution is 2.33. The fourth-order valence-electron chi connectivity index (χ4n) is 10.4. The molecule has 9 nitrogen and oxygen atoms in total. The number of anilines is 3. The lowest BCUT2D eigenvalue weighted by Crippen LogP contribution is -2.32. The maximum absolute atomic E-state index is 15.2. The monoisotopic (exact) mass is 1020 g/mol. The zero-order valence-corrected chi connectivity index (χ0v) is 43.2. The van der Waals surface area contributed by atoms with Gasteiger partial charge < -0.3 is 14.7 Å². The molecule has 4 aromatic heterocycles. The smallest absolute Gasteiger partial charge is 0.371 e. The van der Waals surface area contributed by atoms with Crippen LogP contribution in [0.3, 0.4) is 0 Å². The first-order chi connectivity index (χ1) is 35.6. The van der Waals surface area contributed by atoms with Gasteiger partial charge in [-0.25, -0.2) is 14.4 Å². The van der Waals surface area contributed by atoms with Crippen molar-refractivity contribution in [3.63, 3.8) is 0 Å². The summed E-state index contributed by atoms with van der Waals surface area (Å²) in [6.45, 7) is 12.5. The molecule has 2 aliphatic rings. The molecule has 0 spiro atoms. The number of Topliss-reactive ketones (excluding diaryl/α,β-unsaturated/α-hetero) is 2. The molecule has 4 aromatic carbocycles. The van der Waals surface area contributed by atoms with E-state index in [-0.39, 0.29) is 23.8 Å². The van der Waals surface area contributed by atoms with Gasteiger partial charge in [0.05, 0.1) is 27.7 Å². The molecule has 14 heteroatoms. The molecular formula is C60H62ClF4N7O2. The first-order valence-corrected chi connectivity index (χ1v) is 26.0. The topological polar surface area (TPSA) is 78.5 Å². The summed E-state index contributed by atoms with van der Waals surface area (Å²) in [5, 5.41) is 0.602. The number of hydrogen-bond acceptors (Lipinski definition) is 7. The summed E-state index contributed by atoms with van der Waals surface area (Å²) in [6.07, 6.45) is 4.93. The number of fused-ring (bicyclic) bond motifs is 2. The molecule has 2 saturated heterocycles. The Morgan fingerprint density at radius 1 is 0.635 bits per heavy atom. The molecule has 2 fully saturated rings. The molecular weight excluding hydrogens is 962 g/mol. The van der Waals surface area contributed by atoms with Gasteiger partial charge in [-0.3, -0.25) is 18.4 Å². The van der Waals surface area contributed by atoms with Gasteiger partial charge in [0, 0.05) is 75.9 Å². The number of carbonyl (C=O) groups excluding carboxylic acids is 2. The van der Waals surface area contributed by atoms with Crippen LogP contribution in [-0.2, 0) is 25.4 Å². The number of rotatable bonds is 13.